The average Bonchev–Trinajstić information content (AvgIpc) is 2.58. The summed E-state index contributed by atoms with van der Waals surface area (Å²) in [4.78, 5) is 4.40. The Bertz CT molecular complexity index is 854. The fourth-order valence-corrected chi connectivity index (χ4v) is 2.50. The molecule has 122 valence electrons. The van der Waals surface area contributed by atoms with Crippen LogP contribution in [0.2, 0.25) is 10.0 Å². The van der Waals surface area contributed by atoms with Crippen LogP contribution in [-0.4, -0.2) is 15.2 Å². The summed E-state index contributed by atoms with van der Waals surface area (Å²) in [6, 6.07) is 13.2. The van der Waals surface area contributed by atoms with Crippen LogP contribution in [0.1, 0.15) is 11.1 Å². The molecule has 0 saturated heterocycles. The summed E-state index contributed by atoms with van der Waals surface area (Å²) in [5, 5.41) is 15.6. The number of anilines is 3. The molecule has 2 N–H and O–H groups in total. The highest BCUT2D eigenvalue weighted by molar-refractivity contribution is 6.31. The van der Waals surface area contributed by atoms with Crippen molar-refractivity contribution in [1.29, 1.82) is 0 Å². The van der Waals surface area contributed by atoms with E-state index in [1.165, 1.54) is 0 Å². The van der Waals surface area contributed by atoms with E-state index in [-0.39, 0.29) is 0 Å². The molecule has 1 heterocycles. The highest BCUT2D eigenvalue weighted by atomic mass is 35.5. The number of nitrogens with zero attached hydrogens (tertiary/aromatic N) is 3. The van der Waals surface area contributed by atoms with Crippen molar-refractivity contribution in [2.75, 3.05) is 10.6 Å². The Labute approximate surface area is 150 Å². The van der Waals surface area contributed by atoms with E-state index in [2.05, 4.69) is 25.8 Å². The second-order valence-corrected chi connectivity index (χ2v) is 6.04. The van der Waals surface area contributed by atoms with Gasteiger partial charge >= 0.3 is 0 Å². The van der Waals surface area contributed by atoms with E-state index in [4.69, 9.17) is 23.2 Å². The van der Waals surface area contributed by atoms with Gasteiger partial charge < -0.3 is 10.6 Å². The number of rotatable bonds is 5. The lowest BCUT2D eigenvalue weighted by Crippen LogP contribution is -2.07. The van der Waals surface area contributed by atoms with Gasteiger partial charge in [0.15, 0.2) is 5.82 Å². The van der Waals surface area contributed by atoms with Crippen molar-refractivity contribution in [2.24, 2.45) is 0 Å². The summed E-state index contributed by atoms with van der Waals surface area (Å²) in [7, 11) is 0. The van der Waals surface area contributed by atoms with Crippen LogP contribution >= 0.6 is 23.2 Å². The molecule has 0 aliphatic carbocycles. The normalized spacial score (nSPS) is 10.5. The molecule has 0 fully saturated rings. The predicted molar refractivity (Wildman–Crippen MR) is 98.1 cm³/mol. The van der Waals surface area contributed by atoms with Crippen molar-refractivity contribution >= 4 is 40.7 Å². The van der Waals surface area contributed by atoms with Crippen molar-refractivity contribution < 1.29 is 0 Å². The van der Waals surface area contributed by atoms with Gasteiger partial charge in [-0.2, -0.15) is 10.1 Å². The smallest absolute Gasteiger partial charge is 0.244 e. The van der Waals surface area contributed by atoms with Gasteiger partial charge in [-0.1, -0.05) is 47.5 Å². The third kappa shape index (κ3) is 4.13. The predicted octanol–water partition coefficient (Wildman–Crippen LogP) is 4.84. The van der Waals surface area contributed by atoms with E-state index < -0.39 is 0 Å². The minimum atomic E-state index is 0.416. The van der Waals surface area contributed by atoms with Gasteiger partial charge in [-0.05, 0) is 36.2 Å². The average molecular weight is 360 g/mol. The number of hydrogen-bond donors (Lipinski definition) is 2. The molecule has 3 aromatic rings. The topological polar surface area (TPSA) is 62.7 Å². The summed E-state index contributed by atoms with van der Waals surface area (Å²) in [6.07, 6.45) is 1.56. The fraction of sp³-hybridized carbons (Fsp3) is 0.118. The summed E-state index contributed by atoms with van der Waals surface area (Å²) in [5.41, 5.74) is 2.90. The molecule has 3 rings (SSSR count). The number of hydrogen-bond acceptors (Lipinski definition) is 5. The molecule has 1 aromatic heterocycles. The number of aryl methyl sites for hydroxylation is 1. The van der Waals surface area contributed by atoms with E-state index in [0.29, 0.717) is 28.4 Å². The zero-order valence-corrected chi connectivity index (χ0v) is 14.4. The Kier molecular flexibility index (Phi) is 5.13. The van der Waals surface area contributed by atoms with E-state index in [1.807, 2.05) is 49.4 Å². The van der Waals surface area contributed by atoms with Crippen LogP contribution in [-0.2, 0) is 6.54 Å². The minimum Gasteiger partial charge on any atom is -0.349 e. The van der Waals surface area contributed by atoms with E-state index >= 15 is 0 Å². The summed E-state index contributed by atoms with van der Waals surface area (Å²) in [5.74, 6) is 0.997. The molecular formula is C17H15Cl2N5. The van der Waals surface area contributed by atoms with Crippen LogP contribution in [0.4, 0.5) is 17.5 Å². The summed E-state index contributed by atoms with van der Waals surface area (Å²) in [6.45, 7) is 2.50. The number of nitrogens with one attached hydrogen (secondary N) is 2. The lowest BCUT2D eigenvalue weighted by Gasteiger charge is -2.10. The molecule has 0 bridgehead atoms. The SMILES string of the molecule is Cc1ccc(Cl)cc1Nc1cnnc(NCc2ccccc2Cl)n1. The molecule has 0 unspecified atom stereocenters. The third-order valence-electron chi connectivity index (χ3n) is 3.42. The molecule has 7 heteroatoms. The molecule has 0 spiro atoms. The zero-order chi connectivity index (χ0) is 16.9. The maximum absolute atomic E-state index is 6.14. The molecular weight excluding hydrogens is 345 g/mol. The van der Waals surface area contributed by atoms with Gasteiger partial charge in [0.2, 0.25) is 5.95 Å². The van der Waals surface area contributed by atoms with Crippen LogP contribution in [0, 0.1) is 6.92 Å². The Balaban J connectivity index is 1.72. The van der Waals surface area contributed by atoms with Crippen LogP contribution in [0.5, 0.6) is 0 Å². The maximum Gasteiger partial charge on any atom is 0.244 e. The first-order chi connectivity index (χ1) is 11.6. The van der Waals surface area contributed by atoms with Gasteiger partial charge in [0.25, 0.3) is 0 Å². The van der Waals surface area contributed by atoms with Gasteiger partial charge in [-0.25, -0.2) is 0 Å². The number of benzene rings is 2. The third-order valence-corrected chi connectivity index (χ3v) is 4.02. The number of halogens is 2. The number of aromatic nitrogens is 3. The zero-order valence-electron chi connectivity index (χ0n) is 12.9. The molecule has 5 nitrogen and oxygen atoms in total. The first kappa shape index (κ1) is 16.5. The summed E-state index contributed by atoms with van der Waals surface area (Å²) < 4.78 is 0. The van der Waals surface area contributed by atoms with Crippen LogP contribution in [0.3, 0.4) is 0 Å². The summed E-state index contributed by atoms with van der Waals surface area (Å²) >= 11 is 12.2. The van der Waals surface area contributed by atoms with Crippen molar-refractivity contribution in [2.45, 2.75) is 13.5 Å². The van der Waals surface area contributed by atoms with Crippen LogP contribution in [0.15, 0.2) is 48.7 Å². The quantitative estimate of drug-likeness (QED) is 0.682. The Morgan fingerprint density at radius 3 is 2.75 bits per heavy atom. The van der Waals surface area contributed by atoms with E-state index in [9.17, 15) is 0 Å². The molecule has 0 saturated carbocycles. The monoisotopic (exact) mass is 359 g/mol. The van der Waals surface area contributed by atoms with Gasteiger partial charge in [-0.3, -0.25) is 0 Å². The highest BCUT2D eigenvalue weighted by Crippen LogP contribution is 2.23. The lowest BCUT2D eigenvalue weighted by atomic mass is 10.2. The van der Waals surface area contributed by atoms with Crippen molar-refractivity contribution in [3.8, 4) is 0 Å². The molecule has 2 aromatic carbocycles. The Morgan fingerprint density at radius 1 is 1.08 bits per heavy atom. The molecule has 0 aliphatic heterocycles. The standard InChI is InChI=1S/C17H15Cl2N5/c1-11-6-7-13(18)8-15(11)22-16-10-21-24-17(23-16)20-9-12-4-2-3-5-14(12)19/h2-8,10H,9H2,1H3,(H2,20,22,23,24). The van der Waals surface area contributed by atoms with Crippen molar-refractivity contribution in [3.05, 3.63) is 69.8 Å². The van der Waals surface area contributed by atoms with Crippen molar-refractivity contribution in [3.63, 3.8) is 0 Å². The lowest BCUT2D eigenvalue weighted by molar-refractivity contribution is 0.948. The molecule has 24 heavy (non-hydrogen) atoms. The Morgan fingerprint density at radius 2 is 1.92 bits per heavy atom. The van der Waals surface area contributed by atoms with Gasteiger partial charge in [0.1, 0.15) is 0 Å². The molecule has 0 radical (unpaired) electrons. The molecule has 0 amide bonds. The highest BCUT2D eigenvalue weighted by Gasteiger charge is 2.05. The van der Waals surface area contributed by atoms with Gasteiger partial charge in [0, 0.05) is 22.3 Å². The molecule has 0 atom stereocenters. The van der Waals surface area contributed by atoms with Gasteiger partial charge in [-0.15, -0.1) is 5.10 Å². The fourth-order valence-electron chi connectivity index (χ4n) is 2.12. The first-order valence-corrected chi connectivity index (χ1v) is 8.07. The van der Waals surface area contributed by atoms with Crippen molar-refractivity contribution in [1.82, 2.24) is 15.2 Å². The maximum atomic E-state index is 6.14. The first-order valence-electron chi connectivity index (χ1n) is 7.32. The van der Waals surface area contributed by atoms with Crippen LogP contribution < -0.4 is 10.6 Å². The molecule has 0 aliphatic rings. The largest absolute Gasteiger partial charge is 0.349 e. The van der Waals surface area contributed by atoms with E-state index in [0.717, 1.165) is 16.8 Å². The second kappa shape index (κ2) is 7.47. The van der Waals surface area contributed by atoms with Crippen LogP contribution in [0.25, 0.3) is 0 Å². The van der Waals surface area contributed by atoms with E-state index in [1.54, 1.807) is 6.20 Å². The van der Waals surface area contributed by atoms with Gasteiger partial charge in [0.05, 0.1) is 6.20 Å². The second-order valence-electron chi connectivity index (χ2n) is 5.19. The minimum absolute atomic E-state index is 0.416. The Hall–Kier alpha value is -2.37.